The molecule has 2 atom stereocenters. The monoisotopic (exact) mass is 413 g/mol. The van der Waals surface area contributed by atoms with Gasteiger partial charge in [0.25, 0.3) is 0 Å². The average molecular weight is 414 g/mol. The largest absolute Gasteiger partial charge is 0.369 e. The number of rotatable bonds is 19. The smallest absolute Gasteiger partial charge is 0.0844 e. The van der Waals surface area contributed by atoms with Crippen molar-refractivity contribution in [2.75, 3.05) is 0 Å². The molecule has 0 fully saturated rings. The van der Waals surface area contributed by atoms with Gasteiger partial charge in [-0.25, -0.2) is 0 Å². The van der Waals surface area contributed by atoms with E-state index >= 15 is 0 Å². The van der Waals surface area contributed by atoms with Gasteiger partial charge in [-0.05, 0) is 30.4 Å². The number of ether oxygens (including phenoxy) is 1. The first-order valence-corrected chi connectivity index (χ1v) is 12.2. The van der Waals surface area contributed by atoms with E-state index in [1.807, 2.05) is 25.1 Å². The van der Waals surface area contributed by atoms with Crippen LogP contribution in [0.15, 0.2) is 47.6 Å². The molecule has 0 saturated heterocycles. The Morgan fingerprint density at radius 2 is 1.50 bits per heavy atom. The highest BCUT2D eigenvalue weighted by Crippen LogP contribution is 2.15. The normalized spacial score (nSPS) is 13.3. The minimum atomic E-state index is -0.168. The minimum Gasteiger partial charge on any atom is -0.369 e. The summed E-state index contributed by atoms with van der Waals surface area (Å²) in [6, 6.07) is 9.98. The van der Waals surface area contributed by atoms with Crippen LogP contribution in [0.5, 0.6) is 0 Å². The van der Waals surface area contributed by atoms with E-state index in [2.05, 4.69) is 41.2 Å². The van der Waals surface area contributed by atoms with Crippen LogP contribution >= 0.6 is 0 Å². The highest BCUT2D eigenvalue weighted by molar-refractivity contribution is 5.13. The fourth-order valence-corrected chi connectivity index (χ4v) is 3.66. The molecule has 0 aliphatic carbocycles. The van der Waals surface area contributed by atoms with E-state index in [1.165, 1.54) is 70.6 Å². The van der Waals surface area contributed by atoms with Gasteiger partial charge in [-0.3, -0.25) is 0 Å². The number of azide groups is 1. The summed E-state index contributed by atoms with van der Waals surface area (Å²) in [6.45, 7) is 4.84. The van der Waals surface area contributed by atoms with E-state index in [9.17, 15) is 0 Å². The molecular formula is C26H43N3O. The van der Waals surface area contributed by atoms with Crippen molar-refractivity contribution in [3.05, 3.63) is 58.5 Å². The second-order valence-electron chi connectivity index (χ2n) is 8.19. The third kappa shape index (κ3) is 13.5. The third-order valence-corrected chi connectivity index (χ3v) is 5.58. The van der Waals surface area contributed by atoms with Gasteiger partial charge in [0, 0.05) is 4.91 Å². The van der Waals surface area contributed by atoms with Crippen LogP contribution in [-0.2, 0) is 11.3 Å². The lowest BCUT2D eigenvalue weighted by Gasteiger charge is -2.20. The quantitative estimate of drug-likeness (QED) is 0.0734. The number of hydrogen-bond acceptors (Lipinski definition) is 2. The molecule has 0 heterocycles. The molecule has 4 nitrogen and oxygen atoms in total. The maximum absolute atomic E-state index is 8.86. The summed E-state index contributed by atoms with van der Waals surface area (Å²) in [5.74, 6) is 0. The zero-order chi connectivity index (χ0) is 21.7. The summed E-state index contributed by atoms with van der Waals surface area (Å²) in [4.78, 5) is 3.01. The van der Waals surface area contributed by atoms with E-state index < -0.39 is 0 Å². The van der Waals surface area contributed by atoms with Crippen LogP contribution in [0, 0.1) is 0 Å². The molecule has 0 N–H and O–H groups in total. The van der Waals surface area contributed by atoms with Gasteiger partial charge < -0.3 is 4.74 Å². The standard InChI is InChI=1S/C26H43N3O/c1-3-5-6-7-8-9-10-11-12-13-14-15-19-22-26(25(4-2)28-29-27)30-23-24-20-17-16-18-21-24/h16-22,25-26H,3-15,23H2,1-2H3/b22-19+. The highest BCUT2D eigenvalue weighted by Gasteiger charge is 2.16. The van der Waals surface area contributed by atoms with Crippen LogP contribution in [0.25, 0.3) is 10.4 Å². The molecule has 0 amide bonds. The van der Waals surface area contributed by atoms with E-state index in [0.29, 0.717) is 6.61 Å². The average Bonchev–Trinajstić information content (AvgIpc) is 2.78. The molecule has 1 aromatic carbocycles. The van der Waals surface area contributed by atoms with Crippen LogP contribution in [0.4, 0.5) is 0 Å². The maximum atomic E-state index is 8.86. The second kappa shape index (κ2) is 19.2. The Kier molecular flexibility index (Phi) is 16.8. The van der Waals surface area contributed by atoms with Gasteiger partial charge in [-0.15, -0.1) is 0 Å². The molecule has 0 radical (unpaired) electrons. The van der Waals surface area contributed by atoms with Crippen LogP contribution in [0.1, 0.15) is 103 Å². The molecule has 4 heteroatoms. The minimum absolute atomic E-state index is 0.160. The van der Waals surface area contributed by atoms with Crippen LogP contribution in [-0.4, -0.2) is 12.1 Å². The zero-order valence-electron chi connectivity index (χ0n) is 19.3. The summed E-state index contributed by atoms with van der Waals surface area (Å²) in [6.07, 6.45) is 21.0. The molecule has 0 aliphatic heterocycles. The SMILES string of the molecule is CCCCCCCCCCCCC/C=C/C(OCc1ccccc1)C(CC)N=[N+]=[N-]. The van der Waals surface area contributed by atoms with E-state index in [-0.39, 0.29) is 12.1 Å². The van der Waals surface area contributed by atoms with Gasteiger partial charge in [0.1, 0.15) is 0 Å². The number of unbranched alkanes of at least 4 members (excludes halogenated alkanes) is 11. The van der Waals surface area contributed by atoms with Crippen molar-refractivity contribution in [2.45, 2.75) is 116 Å². The molecule has 0 aromatic heterocycles. The van der Waals surface area contributed by atoms with Gasteiger partial charge in [0.15, 0.2) is 0 Å². The molecular weight excluding hydrogens is 370 g/mol. The Morgan fingerprint density at radius 3 is 2.07 bits per heavy atom. The summed E-state index contributed by atoms with van der Waals surface area (Å²) >= 11 is 0. The molecule has 0 bridgehead atoms. The Bertz CT molecular complexity index is 581. The number of nitrogens with zero attached hydrogens (tertiary/aromatic N) is 3. The summed E-state index contributed by atoms with van der Waals surface area (Å²) in [5, 5.41) is 3.94. The number of benzene rings is 1. The first-order chi connectivity index (χ1) is 14.8. The van der Waals surface area contributed by atoms with Crippen molar-refractivity contribution in [3.8, 4) is 0 Å². The Balaban J connectivity index is 2.23. The zero-order valence-corrected chi connectivity index (χ0v) is 19.3. The van der Waals surface area contributed by atoms with Gasteiger partial charge in [-0.2, -0.15) is 0 Å². The Labute approximate surface area is 184 Å². The number of allylic oxidation sites excluding steroid dienone is 1. The lowest BCUT2D eigenvalue weighted by Crippen LogP contribution is -2.24. The van der Waals surface area contributed by atoms with Crippen molar-refractivity contribution < 1.29 is 4.74 Å². The highest BCUT2D eigenvalue weighted by atomic mass is 16.5. The van der Waals surface area contributed by atoms with Gasteiger partial charge in [-0.1, -0.05) is 126 Å². The first-order valence-electron chi connectivity index (χ1n) is 12.2. The van der Waals surface area contributed by atoms with Crippen molar-refractivity contribution in [2.24, 2.45) is 5.11 Å². The fourth-order valence-electron chi connectivity index (χ4n) is 3.66. The van der Waals surface area contributed by atoms with Crippen LogP contribution < -0.4 is 0 Å². The Morgan fingerprint density at radius 1 is 0.900 bits per heavy atom. The van der Waals surface area contributed by atoms with E-state index in [4.69, 9.17) is 10.3 Å². The fraction of sp³-hybridized carbons (Fsp3) is 0.692. The molecule has 1 aromatic rings. The predicted octanol–water partition coefficient (Wildman–Crippen LogP) is 8.92. The molecule has 0 aliphatic rings. The van der Waals surface area contributed by atoms with Crippen LogP contribution in [0.3, 0.4) is 0 Å². The third-order valence-electron chi connectivity index (χ3n) is 5.58. The number of hydrogen-bond donors (Lipinski definition) is 0. The molecule has 1 rings (SSSR count). The van der Waals surface area contributed by atoms with Gasteiger partial charge >= 0.3 is 0 Å². The first kappa shape index (κ1) is 26.3. The summed E-state index contributed by atoms with van der Waals surface area (Å²) in [5.41, 5.74) is 10.0. The topological polar surface area (TPSA) is 58.0 Å². The van der Waals surface area contributed by atoms with Crippen molar-refractivity contribution in [1.82, 2.24) is 0 Å². The van der Waals surface area contributed by atoms with E-state index in [0.717, 1.165) is 18.4 Å². The van der Waals surface area contributed by atoms with Gasteiger partial charge in [0.2, 0.25) is 0 Å². The predicted molar refractivity (Wildman–Crippen MR) is 128 cm³/mol. The summed E-state index contributed by atoms with van der Waals surface area (Å²) < 4.78 is 6.09. The molecule has 2 unspecified atom stereocenters. The second-order valence-corrected chi connectivity index (χ2v) is 8.19. The Hall–Kier alpha value is -1.77. The van der Waals surface area contributed by atoms with E-state index in [1.54, 1.807) is 0 Å². The van der Waals surface area contributed by atoms with Gasteiger partial charge in [0.05, 0.1) is 18.8 Å². The maximum Gasteiger partial charge on any atom is 0.0844 e. The molecule has 0 saturated carbocycles. The molecule has 30 heavy (non-hydrogen) atoms. The molecule has 168 valence electrons. The van der Waals surface area contributed by atoms with Crippen molar-refractivity contribution in [3.63, 3.8) is 0 Å². The van der Waals surface area contributed by atoms with Crippen molar-refractivity contribution >= 4 is 0 Å². The lowest BCUT2D eigenvalue weighted by atomic mass is 10.0. The van der Waals surface area contributed by atoms with Crippen LogP contribution in [0.2, 0.25) is 0 Å². The lowest BCUT2D eigenvalue weighted by molar-refractivity contribution is 0.0542. The van der Waals surface area contributed by atoms with Crippen molar-refractivity contribution in [1.29, 1.82) is 0 Å². The summed E-state index contributed by atoms with van der Waals surface area (Å²) in [7, 11) is 0. The molecule has 0 spiro atoms.